The average Bonchev–Trinajstić information content (AvgIpc) is 2.91. The summed E-state index contributed by atoms with van der Waals surface area (Å²) in [5.41, 5.74) is 7.46. The van der Waals surface area contributed by atoms with E-state index in [1.807, 2.05) is 5.43 Å². The van der Waals surface area contributed by atoms with Crippen molar-refractivity contribution in [1.82, 2.24) is 15.0 Å². The molecule has 0 unspecified atom stereocenters. The van der Waals surface area contributed by atoms with Crippen LogP contribution in [0.4, 0.5) is 5.82 Å². The molecule has 2 heterocycles. The minimum Gasteiger partial charge on any atom is -0.394 e. The maximum absolute atomic E-state index is 11.3. The summed E-state index contributed by atoms with van der Waals surface area (Å²) in [6.07, 6.45) is -3.36. The number of rotatable bonds is 3. The molecule has 0 aromatic carbocycles. The maximum Gasteiger partial charge on any atom is 0.287 e. The molecular weight excluding hydrogens is 258 g/mol. The van der Waals surface area contributed by atoms with E-state index in [0.717, 1.165) is 0 Å². The summed E-state index contributed by atoms with van der Waals surface area (Å²) < 4.78 is 6.45. The molecule has 10 heteroatoms. The van der Waals surface area contributed by atoms with Crippen LogP contribution in [0.5, 0.6) is 0 Å². The monoisotopic (exact) mass is 273 g/mol. The number of hydrogen-bond acceptors (Lipinski definition) is 8. The molecule has 10 nitrogen and oxygen atoms in total. The second-order valence-corrected chi connectivity index (χ2v) is 4.09. The van der Waals surface area contributed by atoms with Crippen LogP contribution >= 0.6 is 0 Å². The van der Waals surface area contributed by atoms with E-state index in [2.05, 4.69) is 4.98 Å². The minimum atomic E-state index is -1.30. The summed E-state index contributed by atoms with van der Waals surface area (Å²) in [5, 5.41) is 28.4. The number of imidazole rings is 1. The van der Waals surface area contributed by atoms with Crippen LogP contribution in [0.1, 0.15) is 16.7 Å². The van der Waals surface area contributed by atoms with Crippen LogP contribution in [0.2, 0.25) is 0 Å². The van der Waals surface area contributed by atoms with Gasteiger partial charge in [0.1, 0.15) is 24.1 Å². The van der Waals surface area contributed by atoms with Crippen molar-refractivity contribution in [2.75, 3.05) is 12.3 Å². The molecule has 0 saturated carbocycles. The van der Waals surface area contributed by atoms with E-state index in [-0.39, 0.29) is 11.5 Å². The number of aliphatic hydroxyl groups is 3. The molecule has 106 valence electrons. The van der Waals surface area contributed by atoms with Crippen molar-refractivity contribution in [2.24, 2.45) is 5.84 Å². The standard InChI is InChI=1S/C9H15N5O5/c10-7-4(8(18)13-11)12-2-14(7)9-6(17)5(16)3(1-15)19-9/h2-3,5-6,9,15-17H,1,10-11H2,(H,13,18)/t3-,5+,6-,9+/m0/s1. The highest BCUT2D eigenvalue weighted by molar-refractivity contribution is 5.96. The molecule has 1 aliphatic rings. The molecule has 19 heavy (non-hydrogen) atoms. The lowest BCUT2D eigenvalue weighted by Crippen LogP contribution is -2.33. The molecule has 0 bridgehead atoms. The van der Waals surface area contributed by atoms with Gasteiger partial charge in [0, 0.05) is 0 Å². The second kappa shape index (κ2) is 5.11. The van der Waals surface area contributed by atoms with Gasteiger partial charge in [-0.2, -0.15) is 0 Å². The molecule has 1 aromatic rings. The third-order valence-corrected chi connectivity index (χ3v) is 2.97. The van der Waals surface area contributed by atoms with Crippen LogP contribution in [0, 0.1) is 0 Å². The number of aliphatic hydroxyl groups excluding tert-OH is 3. The minimum absolute atomic E-state index is 0.0715. The van der Waals surface area contributed by atoms with Gasteiger partial charge >= 0.3 is 0 Å². The van der Waals surface area contributed by atoms with Gasteiger partial charge in [0.25, 0.3) is 5.91 Å². The van der Waals surface area contributed by atoms with Gasteiger partial charge in [-0.05, 0) is 0 Å². The number of nitrogens with one attached hydrogen (secondary N) is 1. The van der Waals surface area contributed by atoms with Gasteiger partial charge in [-0.15, -0.1) is 0 Å². The fourth-order valence-electron chi connectivity index (χ4n) is 1.93. The summed E-state index contributed by atoms with van der Waals surface area (Å²) in [4.78, 5) is 15.1. The molecule has 1 fully saturated rings. The quantitative estimate of drug-likeness (QED) is 0.189. The number of nitrogen functional groups attached to an aromatic ring is 2. The molecule has 8 N–H and O–H groups in total. The van der Waals surface area contributed by atoms with Crippen LogP contribution in [0.15, 0.2) is 6.33 Å². The Bertz CT molecular complexity index is 478. The lowest BCUT2D eigenvalue weighted by Gasteiger charge is -2.17. The molecule has 4 atom stereocenters. The summed E-state index contributed by atoms with van der Waals surface area (Å²) in [6.45, 7) is -0.459. The van der Waals surface area contributed by atoms with Crippen molar-refractivity contribution in [2.45, 2.75) is 24.5 Å². The van der Waals surface area contributed by atoms with E-state index in [1.54, 1.807) is 0 Å². The zero-order valence-corrected chi connectivity index (χ0v) is 9.80. The van der Waals surface area contributed by atoms with Crippen molar-refractivity contribution >= 4 is 11.7 Å². The van der Waals surface area contributed by atoms with Gasteiger partial charge in [-0.25, -0.2) is 10.8 Å². The smallest absolute Gasteiger partial charge is 0.287 e. The Morgan fingerprint density at radius 2 is 2.21 bits per heavy atom. The van der Waals surface area contributed by atoms with Gasteiger partial charge in [0.05, 0.1) is 12.9 Å². The summed E-state index contributed by atoms with van der Waals surface area (Å²) in [7, 11) is 0. The lowest BCUT2D eigenvalue weighted by atomic mass is 10.1. The largest absolute Gasteiger partial charge is 0.394 e. The van der Waals surface area contributed by atoms with Gasteiger partial charge < -0.3 is 25.8 Å². The second-order valence-electron chi connectivity index (χ2n) is 4.09. The van der Waals surface area contributed by atoms with Crippen molar-refractivity contribution < 1.29 is 24.9 Å². The molecule has 0 aliphatic carbocycles. The van der Waals surface area contributed by atoms with Crippen LogP contribution in [0.25, 0.3) is 0 Å². The molecule has 1 saturated heterocycles. The van der Waals surface area contributed by atoms with Gasteiger partial charge in [0.2, 0.25) is 0 Å². The zero-order chi connectivity index (χ0) is 14.2. The van der Waals surface area contributed by atoms with Crippen molar-refractivity contribution in [3.05, 3.63) is 12.0 Å². The van der Waals surface area contributed by atoms with E-state index in [0.29, 0.717) is 0 Å². The first-order valence-corrected chi connectivity index (χ1v) is 5.47. The highest BCUT2D eigenvalue weighted by Crippen LogP contribution is 2.31. The van der Waals surface area contributed by atoms with Crippen molar-refractivity contribution in [3.8, 4) is 0 Å². The van der Waals surface area contributed by atoms with E-state index in [4.69, 9.17) is 21.4 Å². The van der Waals surface area contributed by atoms with E-state index in [9.17, 15) is 15.0 Å². The van der Waals surface area contributed by atoms with Gasteiger partial charge in [-0.1, -0.05) is 0 Å². The first-order chi connectivity index (χ1) is 9.01. The fraction of sp³-hybridized carbons (Fsp3) is 0.556. The number of nitrogens with zero attached hydrogens (tertiary/aromatic N) is 2. The number of amides is 1. The van der Waals surface area contributed by atoms with Crippen molar-refractivity contribution in [3.63, 3.8) is 0 Å². The van der Waals surface area contributed by atoms with Crippen LogP contribution in [-0.4, -0.2) is 55.7 Å². The van der Waals surface area contributed by atoms with Crippen LogP contribution in [-0.2, 0) is 4.74 Å². The number of hydrogen-bond donors (Lipinski definition) is 6. The number of carbonyl (C=O) groups excluding carboxylic acids is 1. The third kappa shape index (κ3) is 2.15. The van der Waals surface area contributed by atoms with E-state index >= 15 is 0 Å². The Morgan fingerprint density at radius 1 is 1.53 bits per heavy atom. The van der Waals surface area contributed by atoms with Crippen LogP contribution in [0.3, 0.4) is 0 Å². The summed E-state index contributed by atoms with van der Waals surface area (Å²) in [5.74, 6) is 4.21. The number of ether oxygens (including phenoxy) is 1. The summed E-state index contributed by atoms with van der Waals surface area (Å²) >= 11 is 0. The highest BCUT2D eigenvalue weighted by atomic mass is 16.6. The SMILES string of the molecule is NNC(=O)c1ncn([C@@H]2O[C@@H](CO)[C@@H](O)[C@@H]2O)c1N. The Balaban J connectivity index is 2.28. The Morgan fingerprint density at radius 3 is 2.74 bits per heavy atom. The Kier molecular flexibility index (Phi) is 3.68. The zero-order valence-electron chi connectivity index (χ0n) is 9.80. The molecule has 2 rings (SSSR count). The number of anilines is 1. The van der Waals surface area contributed by atoms with Gasteiger partial charge in [-0.3, -0.25) is 14.8 Å². The van der Waals surface area contributed by atoms with Gasteiger partial charge in [0.15, 0.2) is 11.9 Å². The lowest BCUT2D eigenvalue weighted by molar-refractivity contribution is -0.0518. The molecule has 1 aromatic heterocycles. The maximum atomic E-state index is 11.3. The Labute approximate surface area is 107 Å². The van der Waals surface area contributed by atoms with E-state index < -0.39 is 37.1 Å². The van der Waals surface area contributed by atoms with Crippen LogP contribution < -0.4 is 17.0 Å². The fourth-order valence-corrected chi connectivity index (χ4v) is 1.93. The number of nitrogens with two attached hydrogens (primary N) is 2. The molecule has 1 amide bonds. The molecule has 0 radical (unpaired) electrons. The number of aromatic nitrogens is 2. The molecule has 0 spiro atoms. The first kappa shape index (κ1) is 13.7. The number of hydrazine groups is 1. The predicted molar refractivity (Wildman–Crippen MR) is 61.3 cm³/mol. The first-order valence-electron chi connectivity index (χ1n) is 5.47. The highest BCUT2D eigenvalue weighted by Gasteiger charge is 2.44. The number of carbonyl (C=O) groups is 1. The molecular formula is C9H15N5O5. The predicted octanol–water partition coefficient (Wildman–Crippen LogP) is -3.32. The topological polar surface area (TPSA) is 169 Å². The summed E-state index contributed by atoms with van der Waals surface area (Å²) in [6, 6.07) is 0. The normalized spacial score (nSPS) is 30.5. The van der Waals surface area contributed by atoms with Crippen molar-refractivity contribution in [1.29, 1.82) is 0 Å². The van der Waals surface area contributed by atoms with E-state index in [1.165, 1.54) is 10.9 Å². The Hall–Kier alpha value is -1.72. The molecule has 1 aliphatic heterocycles. The third-order valence-electron chi connectivity index (χ3n) is 2.97. The average molecular weight is 273 g/mol.